The smallest absolute Gasteiger partial charge is 0.145 e. The molecule has 0 saturated heterocycles. The van der Waals surface area contributed by atoms with Gasteiger partial charge in [-0.15, -0.1) is 11.8 Å². The van der Waals surface area contributed by atoms with Crippen molar-refractivity contribution in [3.05, 3.63) is 29.0 Å². The number of nitrogen functional groups attached to an aromatic ring is 1. The Morgan fingerprint density at radius 2 is 2.19 bits per heavy atom. The summed E-state index contributed by atoms with van der Waals surface area (Å²) in [5.41, 5.74) is 6.75. The molecule has 84 valence electrons. The van der Waals surface area contributed by atoms with Crippen LogP contribution in [-0.4, -0.2) is 16.5 Å². The summed E-state index contributed by atoms with van der Waals surface area (Å²) in [4.78, 5) is 0.443. The zero-order valence-electron chi connectivity index (χ0n) is 8.42. The molecule has 0 aliphatic heterocycles. The van der Waals surface area contributed by atoms with Crippen LogP contribution in [0.2, 0.25) is 5.02 Å². The molecule has 3 nitrogen and oxygen atoms in total. The van der Waals surface area contributed by atoms with Crippen LogP contribution in [0, 0.1) is 5.82 Å². The average Bonchev–Trinajstić information content (AvgIpc) is 2.64. The zero-order chi connectivity index (χ0) is 11.7. The van der Waals surface area contributed by atoms with Gasteiger partial charge < -0.3 is 5.73 Å². The van der Waals surface area contributed by atoms with Crippen LogP contribution in [0.4, 0.5) is 10.2 Å². The summed E-state index contributed by atoms with van der Waals surface area (Å²) in [6.45, 7) is 0. The number of anilines is 1. The van der Waals surface area contributed by atoms with E-state index >= 15 is 0 Å². The molecule has 0 aliphatic carbocycles. The van der Waals surface area contributed by atoms with Crippen LogP contribution in [0.15, 0.2) is 23.1 Å². The number of aromatic amines is 1. The van der Waals surface area contributed by atoms with E-state index in [0.717, 1.165) is 0 Å². The van der Waals surface area contributed by atoms with Crippen molar-refractivity contribution in [2.75, 3.05) is 12.0 Å². The highest BCUT2D eigenvalue weighted by Crippen LogP contribution is 2.32. The predicted molar refractivity (Wildman–Crippen MR) is 65.2 cm³/mol. The number of nitrogens with zero attached hydrogens (tertiary/aromatic N) is 1. The molecule has 16 heavy (non-hydrogen) atoms. The van der Waals surface area contributed by atoms with Crippen molar-refractivity contribution in [2.24, 2.45) is 0 Å². The van der Waals surface area contributed by atoms with Crippen LogP contribution < -0.4 is 5.73 Å². The average molecular weight is 258 g/mol. The second kappa shape index (κ2) is 4.35. The highest BCUT2D eigenvalue weighted by molar-refractivity contribution is 7.98. The van der Waals surface area contributed by atoms with Crippen molar-refractivity contribution in [1.29, 1.82) is 0 Å². The quantitative estimate of drug-likeness (QED) is 0.813. The number of nitrogens with one attached hydrogen (secondary N) is 1. The zero-order valence-corrected chi connectivity index (χ0v) is 9.99. The number of aromatic nitrogens is 2. The molecule has 0 atom stereocenters. The maximum absolute atomic E-state index is 13.6. The molecular formula is C10H9ClFN3S. The summed E-state index contributed by atoms with van der Waals surface area (Å²) in [5.74, 6) is 0.0173. The van der Waals surface area contributed by atoms with Gasteiger partial charge in [-0.05, 0) is 18.4 Å². The first-order valence-electron chi connectivity index (χ1n) is 4.46. The lowest BCUT2D eigenvalue weighted by atomic mass is 10.1. The number of H-pyrrole nitrogens is 1. The van der Waals surface area contributed by atoms with Gasteiger partial charge in [0.1, 0.15) is 11.6 Å². The summed E-state index contributed by atoms with van der Waals surface area (Å²) in [7, 11) is 0. The molecule has 0 bridgehead atoms. The number of rotatable bonds is 2. The van der Waals surface area contributed by atoms with Crippen molar-refractivity contribution >= 4 is 29.2 Å². The van der Waals surface area contributed by atoms with Gasteiger partial charge in [-0.1, -0.05) is 11.6 Å². The maximum atomic E-state index is 13.6. The monoisotopic (exact) mass is 257 g/mol. The van der Waals surface area contributed by atoms with Gasteiger partial charge in [0.25, 0.3) is 0 Å². The molecular weight excluding hydrogens is 249 g/mol. The van der Waals surface area contributed by atoms with E-state index in [1.165, 1.54) is 17.8 Å². The Kier molecular flexibility index (Phi) is 3.07. The fraction of sp³-hybridized carbons (Fsp3) is 0.100. The minimum Gasteiger partial charge on any atom is -0.382 e. The Labute approximate surface area is 101 Å². The number of halogens is 2. The van der Waals surface area contributed by atoms with Crippen LogP contribution in [-0.2, 0) is 0 Å². The summed E-state index contributed by atoms with van der Waals surface area (Å²) in [6, 6.07) is 4.72. The van der Waals surface area contributed by atoms with Gasteiger partial charge >= 0.3 is 0 Å². The minimum atomic E-state index is -0.344. The Morgan fingerprint density at radius 3 is 2.69 bits per heavy atom. The summed E-state index contributed by atoms with van der Waals surface area (Å²) >= 11 is 7.24. The fourth-order valence-electron chi connectivity index (χ4n) is 1.40. The van der Waals surface area contributed by atoms with Gasteiger partial charge in [-0.2, -0.15) is 5.10 Å². The molecule has 1 aromatic heterocycles. The largest absolute Gasteiger partial charge is 0.382 e. The molecule has 2 rings (SSSR count). The molecule has 0 radical (unpaired) electrons. The van der Waals surface area contributed by atoms with Gasteiger partial charge in [0, 0.05) is 11.6 Å². The van der Waals surface area contributed by atoms with E-state index < -0.39 is 0 Å². The highest BCUT2D eigenvalue weighted by atomic mass is 35.5. The second-order valence-corrected chi connectivity index (χ2v) is 4.40. The van der Waals surface area contributed by atoms with Crippen molar-refractivity contribution in [3.8, 4) is 11.3 Å². The maximum Gasteiger partial charge on any atom is 0.145 e. The second-order valence-electron chi connectivity index (χ2n) is 3.18. The van der Waals surface area contributed by atoms with Crippen LogP contribution in [0.25, 0.3) is 11.3 Å². The molecule has 3 N–H and O–H groups in total. The lowest BCUT2D eigenvalue weighted by Crippen LogP contribution is -1.86. The molecule has 0 aliphatic rings. The molecule has 1 aromatic carbocycles. The number of benzene rings is 1. The third-order valence-corrected chi connectivity index (χ3v) is 3.34. The fourth-order valence-corrected chi connectivity index (χ4v) is 2.34. The van der Waals surface area contributed by atoms with E-state index in [4.69, 9.17) is 17.3 Å². The third kappa shape index (κ3) is 2.01. The van der Waals surface area contributed by atoms with Gasteiger partial charge in [-0.3, -0.25) is 5.10 Å². The molecule has 0 unspecified atom stereocenters. The molecule has 0 amide bonds. The van der Waals surface area contributed by atoms with Gasteiger partial charge in [0.05, 0.1) is 15.6 Å². The molecule has 0 spiro atoms. The van der Waals surface area contributed by atoms with Crippen molar-refractivity contribution in [3.63, 3.8) is 0 Å². The van der Waals surface area contributed by atoms with E-state index in [2.05, 4.69) is 10.2 Å². The molecule has 0 fully saturated rings. The number of hydrogen-bond donors (Lipinski definition) is 2. The summed E-state index contributed by atoms with van der Waals surface area (Å²) < 4.78 is 13.6. The van der Waals surface area contributed by atoms with Gasteiger partial charge in [0.2, 0.25) is 0 Å². The SMILES string of the molecule is CSc1c(F)cc(-c2cc(N)n[nH]2)cc1Cl. The van der Waals surface area contributed by atoms with E-state index in [9.17, 15) is 4.39 Å². The standard InChI is InChI=1S/C10H9ClFN3S/c1-16-10-6(11)2-5(3-7(10)12)8-4-9(13)15-14-8/h2-4H,1H3,(H3,13,14,15). The minimum absolute atomic E-state index is 0.344. The predicted octanol–water partition coefficient (Wildman–Crippen LogP) is 3.17. The van der Waals surface area contributed by atoms with Crippen LogP contribution in [0.5, 0.6) is 0 Å². The number of thioether (sulfide) groups is 1. The Hall–Kier alpha value is -1.20. The van der Waals surface area contributed by atoms with Crippen molar-refractivity contribution in [1.82, 2.24) is 10.2 Å². The number of hydrogen-bond acceptors (Lipinski definition) is 3. The lowest BCUT2D eigenvalue weighted by Gasteiger charge is -2.05. The Morgan fingerprint density at radius 1 is 1.44 bits per heavy atom. The molecule has 0 saturated carbocycles. The van der Waals surface area contributed by atoms with E-state index in [0.29, 0.717) is 27.0 Å². The Balaban J connectivity index is 2.52. The lowest BCUT2D eigenvalue weighted by molar-refractivity contribution is 0.603. The first-order chi connectivity index (χ1) is 7.61. The summed E-state index contributed by atoms with van der Waals surface area (Å²) in [6.07, 6.45) is 1.78. The first-order valence-corrected chi connectivity index (χ1v) is 6.06. The first kappa shape index (κ1) is 11.3. The van der Waals surface area contributed by atoms with Gasteiger partial charge in [-0.25, -0.2) is 4.39 Å². The van der Waals surface area contributed by atoms with E-state index in [1.807, 2.05) is 0 Å². The Bertz CT molecular complexity index is 504. The van der Waals surface area contributed by atoms with Gasteiger partial charge in [0.15, 0.2) is 0 Å². The molecule has 6 heteroatoms. The number of nitrogens with two attached hydrogens (primary N) is 1. The van der Waals surface area contributed by atoms with E-state index in [-0.39, 0.29) is 5.82 Å². The molecule has 1 heterocycles. The van der Waals surface area contributed by atoms with Crippen LogP contribution in [0.3, 0.4) is 0 Å². The normalized spacial score (nSPS) is 10.7. The topological polar surface area (TPSA) is 54.7 Å². The van der Waals surface area contributed by atoms with Crippen molar-refractivity contribution in [2.45, 2.75) is 4.90 Å². The highest BCUT2D eigenvalue weighted by Gasteiger charge is 2.11. The van der Waals surface area contributed by atoms with E-state index in [1.54, 1.807) is 18.4 Å². The molecule has 2 aromatic rings. The third-order valence-electron chi connectivity index (χ3n) is 2.11. The van der Waals surface area contributed by atoms with Crippen LogP contribution in [0.1, 0.15) is 0 Å². The van der Waals surface area contributed by atoms with Crippen LogP contribution >= 0.6 is 23.4 Å². The van der Waals surface area contributed by atoms with Crippen molar-refractivity contribution < 1.29 is 4.39 Å². The summed E-state index contributed by atoms with van der Waals surface area (Å²) in [5, 5.41) is 6.87.